The minimum absolute atomic E-state index is 0.00766. The quantitative estimate of drug-likeness (QED) is 0.843. The minimum Gasteiger partial charge on any atom is -0.329 e. The van der Waals surface area contributed by atoms with Crippen molar-refractivity contribution in [3.05, 3.63) is 29.8 Å². The fourth-order valence-electron chi connectivity index (χ4n) is 3.74. The third-order valence-corrected chi connectivity index (χ3v) is 5.34. The fraction of sp³-hybridized carbons (Fsp3) is 0.600. The minimum atomic E-state index is 0.00766. The third-order valence-electron chi connectivity index (χ3n) is 5.34. The summed E-state index contributed by atoms with van der Waals surface area (Å²) in [5.74, 6) is 0.114. The van der Waals surface area contributed by atoms with Crippen molar-refractivity contribution in [1.29, 1.82) is 0 Å². The first-order chi connectivity index (χ1) is 12.0. The molecular weight excluding hydrogens is 314 g/mol. The standard InChI is InChI=1S/C20H29N3O2/c1-16-6-8-18(9-7-16)23-14-17(2)22(15-20(23)25)19(24)10-13-21-11-4-3-5-12-21/h6-9,17H,3-5,10-15H2,1-2H3. The number of anilines is 1. The normalized spacial score (nSPS) is 22.3. The number of piperidine rings is 1. The molecule has 0 bridgehead atoms. The van der Waals surface area contributed by atoms with Gasteiger partial charge in [-0.15, -0.1) is 0 Å². The van der Waals surface area contributed by atoms with Crippen LogP contribution in [-0.4, -0.2) is 60.4 Å². The maximum absolute atomic E-state index is 12.6. The van der Waals surface area contributed by atoms with Crippen LogP contribution in [-0.2, 0) is 9.59 Å². The second-order valence-electron chi connectivity index (χ2n) is 7.36. The molecule has 2 saturated heterocycles. The number of hydrogen-bond donors (Lipinski definition) is 0. The predicted octanol–water partition coefficient (Wildman–Crippen LogP) is 2.43. The molecule has 136 valence electrons. The average molecular weight is 343 g/mol. The number of likely N-dealkylation sites (tertiary alicyclic amines) is 1. The molecule has 1 atom stereocenters. The molecule has 0 spiro atoms. The van der Waals surface area contributed by atoms with Crippen LogP contribution in [0.15, 0.2) is 24.3 Å². The number of carbonyl (C=O) groups is 2. The van der Waals surface area contributed by atoms with Gasteiger partial charge in [0.05, 0.1) is 0 Å². The van der Waals surface area contributed by atoms with E-state index in [9.17, 15) is 9.59 Å². The molecule has 0 saturated carbocycles. The topological polar surface area (TPSA) is 43.9 Å². The Morgan fingerprint density at radius 1 is 1.12 bits per heavy atom. The second kappa shape index (κ2) is 8.00. The van der Waals surface area contributed by atoms with E-state index in [1.807, 2.05) is 38.1 Å². The van der Waals surface area contributed by atoms with E-state index < -0.39 is 0 Å². The van der Waals surface area contributed by atoms with Crippen molar-refractivity contribution in [2.45, 2.75) is 45.6 Å². The van der Waals surface area contributed by atoms with Gasteiger partial charge in [-0.3, -0.25) is 9.59 Å². The largest absolute Gasteiger partial charge is 0.329 e. The third kappa shape index (κ3) is 4.40. The van der Waals surface area contributed by atoms with Gasteiger partial charge in [0.1, 0.15) is 6.54 Å². The first kappa shape index (κ1) is 17.9. The van der Waals surface area contributed by atoms with Crippen molar-refractivity contribution in [3.63, 3.8) is 0 Å². The van der Waals surface area contributed by atoms with Crippen LogP contribution >= 0.6 is 0 Å². The van der Waals surface area contributed by atoms with E-state index >= 15 is 0 Å². The highest BCUT2D eigenvalue weighted by molar-refractivity contribution is 5.98. The van der Waals surface area contributed by atoms with Gasteiger partial charge in [0.2, 0.25) is 11.8 Å². The molecule has 2 aliphatic heterocycles. The zero-order chi connectivity index (χ0) is 17.8. The summed E-state index contributed by atoms with van der Waals surface area (Å²) in [6.07, 6.45) is 4.29. The highest BCUT2D eigenvalue weighted by Gasteiger charge is 2.33. The highest BCUT2D eigenvalue weighted by atomic mass is 16.2. The van der Waals surface area contributed by atoms with Crippen molar-refractivity contribution in [2.75, 3.05) is 37.6 Å². The Morgan fingerprint density at radius 2 is 1.80 bits per heavy atom. The van der Waals surface area contributed by atoms with Gasteiger partial charge in [0.15, 0.2) is 0 Å². The molecule has 25 heavy (non-hydrogen) atoms. The molecule has 3 rings (SSSR count). The summed E-state index contributed by atoms with van der Waals surface area (Å²) in [6.45, 7) is 7.84. The lowest BCUT2D eigenvalue weighted by atomic mass is 10.1. The van der Waals surface area contributed by atoms with E-state index in [0.717, 1.165) is 25.3 Å². The summed E-state index contributed by atoms with van der Waals surface area (Å²) in [6, 6.07) is 8.04. The highest BCUT2D eigenvalue weighted by Crippen LogP contribution is 2.21. The molecule has 1 aromatic rings. The molecule has 1 aromatic carbocycles. The molecule has 0 N–H and O–H groups in total. The fourth-order valence-corrected chi connectivity index (χ4v) is 3.74. The number of benzene rings is 1. The molecule has 2 amide bonds. The van der Waals surface area contributed by atoms with Crippen LogP contribution in [0.4, 0.5) is 5.69 Å². The van der Waals surface area contributed by atoms with Gasteiger partial charge in [-0.2, -0.15) is 0 Å². The number of rotatable bonds is 4. The van der Waals surface area contributed by atoms with Crippen molar-refractivity contribution < 1.29 is 9.59 Å². The van der Waals surface area contributed by atoms with E-state index in [4.69, 9.17) is 0 Å². The SMILES string of the molecule is Cc1ccc(N2CC(C)N(C(=O)CCN3CCCCC3)CC2=O)cc1. The van der Waals surface area contributed by atoms with Crippen LogP contribution in [0.2, 0.25) is 0 Å². The van der Waals surface area contributed by atoms with Crippen LogP contribution in [0.1, 0.15) is 38.2 Å². The number of aryl methyl sites for hydroxylation is 1. The van der Waals surface area contributed by atoms with Gasteiger partial charge in [-0.05, 0) is 51.9 Å². The summed E-state index contributed by atoms with van der Waals surface area (Å²) in [7, 11) is 0. The predicted molar refractivity (Wildman–Crippen MR) is 99.6 cm³/mol. The molecule has 2 fully saturated rings. The number of amides is 2. The molecular formula is C20H29N3O2. The Morgan fingerprint density at radius 3 is 2.48 bits per heavy atom. The average Bonchev–Trinajstić information content (AvgIpc) is 2.63. The lowest BCUT2D eigenvalue weighted by molar-refractivity contribution is -0.139. The van der Waals surface area contributed by atoms with Crippen molar-refractivity contribution in [1.82, 2.24) is 9.80 Å². The summed E-state index contributed by atoms with van der Waals surface area (Å²) in [4.78, 5) is 31.1. The molecule has 2 heterocycles. The maximum atomic E-state index is 12.6. The monoisotopic (exact) mass is 343 g/mol. The molecule has 0 radical (unpaired) electrons. The van der Waals surface area contributed by atoms with Crippen LogP contribution in [0.3, 0.4) is 0 Å². The Balaban J connectivity index is 1.56. The van der Waals surface area contributed by atoms with Crippen LogP contribution < -0.4 is 4.90 Å². The second-order valence-corrected chi connectivity index (χ2v) is 7.36. The van der Waals surface area contributed by atoms with Crippen molar-refractivity contribution in [2.24, 2.45) is 0 Å². The Hall–Kier alpha value is -1.88. The van der Waals surface area contributed by atoms with Crippen LogP contribution in [0.5, 0.6) is 0 Å². The van der Waals surface area contributed by atoms with Gasteiger partial charge in [0, 0.05) is 31.2 Å². The number of carbonyl (C=O) groups excluding carboxylic acids is 2. The summed E-state index contributed by atoms with van der Waals surface area (Å²) < 4.78 is 0. The van der Waals surface area contributed by atoms with Gasteiger partial charge < -0.3 is 14.7 Å². The molecule has 5 heteroatoms. The lowest BCUT2D eigenvalue weighted by Crippen LogP contribution is -2.57. The summed E-state index contributed by atoms with van der Waals surface area (Å²) >= 11 is 0. The molecule has 1 unspecified atom stereocenters. The van der Waals surface area contributed by atoms with Gasteiger partial charge in [-0.1, -0.05) is 24.1 Å². The number of piperazine rings is 1. The van der Waals surface area contributed by atoms with E-state index in [2.05, 4.69) is 4.90 Å². The Kier molecular flexibility index (Phi) is 5.74. The van der Waals surface area contributed by atoms with Gasteiger partial charge >= 0.3 is 0 Å². The first-order valence-corrected chi connectivity index (χ1v) is 9.43. The van der Waals surface area contributed by atoms with Gasteiger partial charge in [0.25, 0.3) is 0 Å². The number of hydrogen-bond acceptors (Lipinski definition) is 3. The lowest BCUT2D eigenvalue weighted by Gasteiger charge is -2.39. The van der Waals surface area contributed by atoms with E-state index in [-0.39, 0.29) is 24.4 Å². The molecule has 2 aliphatic rings. The van der Waals surface area contributed by atoms with E-state index in [1.165, 1.54) is 24.8 Å². The maximum Gasteiger partial charge on any atom is 0.246 e. The van der Waals surface area contributed by atoms with Crippen molar-refractivity contribution >= 4 is 17.5 Å². The molecule has 0 aromatic heterocycles. The summed E-state index contributed by atoms with van der Waals surface area (Å²) in [5.41, 5.74) is 2.10. The zero-order valence-corrected chi connectivity index (χ0v) is 15.4. The van der Waals surface area contributed by atoms with E-state index in [1.54, 1.807) is 9.80 Å². The van der Waals surface area contributed by atoms with E-state index in [0.29, 0.717) is 13.0 Å². The number of nitrogens with zero attached hydrogens (tertiary/aromatic N) is 3. The summed E-state index contributed by atoms with van der Waals surface area (Å²) in [5, 5.41) is 0. The van der Waals surface area contributed by atoms with Crippen LogP contribution in [0.25, 0.3) is 0 Å². The molecule has 0 aliphatic carbocycles. The smallest absolute Gasteiger partial charge is 0.246 e. The van der Waals surface area contributed by atoms with Crippen molar-refractivity contribution in [3.8, 4) is 0 Å². The Bertz CT molecular complexity index is 608. The molecule has 5 nitrogen and oxygen atoms in total. The Labute approximate surface area is 150 Å². The van der Waals surface area contributed by atoms with Gasteiger partial charge in [-0.25, -0.2) is 0 Å². The first-order valence-electron chi connectivity index (χ1n) is 9.43. The zero-order valence-electron chi connectivity index (χ0n) is 15.4. The van der Waals surface area contributed by atoms with Crippen LogP contribution in [0, 0.1) is 6.92 Å².